The highest BCUT2D eigenvalue weighted by atomic mass is 32.2. The van der Waals surface area contributed by atoms with Crippen molar-refractivity contribution in [3.63, 3.8) is 0 Å². The minimum atomic E-state index is -4.22. The van der Waals surface area contributed by atoms with Gasteiger partial charge in [-0.15, -0.1) is 0 Å². The van der Waals surface area contributed by atoms with Crippen LogP contribution in [0.15, 0.2) is 48.5 Å². The molecule has 0 fully saturated rings. The molecular weight excluding hydrogens is 356 g/mol. The third-order valence-corrected chi connectivity index (χ3v) is 4.30. The first-order valence-corrected chi connectivity index (χ1v) is 9.59. The van der Waals surface area contributed by atoms with Gasteiger partial charge in [0.25, 0.3) is 10.1 Å². The topological polar surface area (TPSA) is 105 Å². The smallest absolute Gasteiger partial charge is 0.283 e. The number of carbonyl (C=O) groups is 1. The zero-order valence-corrected chi connectivity index (χ0v) is 15.4. The zero-order chi connectivity index (χ0) is 19.2. The standard InChI is InChI=1S/C18H22N2O5S/c1-13(18(21)20-12-26(22,23)24)19-11-14-6-8-15(9-7-14)16-4-3-5-17(10-16)25-2/h3-10,13,19H,11-12H2,1-2H3,(H,20,21)(H,22,23,24)/t13-/m0/s1. The van der Waals surface area contributed by atoms with E-state index in [1.54, 1.807) is 14.0 Å². The van der Waals surface area contributed by atoms with Crippen LogP contribution in [0, 0.1) is 0 Å². The summed E-state index contributed by atoms with van der Waals surface area (Å²) in [4.78, 5) is 11.7. The van der Waals surface area contributed by atoms with Crippen molar-refractivity contribution < 1.29 is 22.5 Å². The molecule has 0 radical (unpaired) electrons. The fourth-order valence-electron chi connectivity index (χ4n) is 2.30. The first-order valence-electron chi connectivity index (χ1n) is 7.98. The van der Waals surface area contributed by atoms with Crippen molar-refractivity contribution >= 4 is 16.0 Å². The molecule has 0 aliphatic heterocycles. The highest BCUT2D eigenvalue weighted by molar-refractivity contribution is 7.85. The summed E-state index contributed by atoms with van der Waals surface area (Å²) < 4.78 is 35.1. The lowest BCUT2D eigenvalue weighted by Crippen LogP contribution is -2.43. The van der Waals surface area contributed by atoms with E-state index in [0.29, 0.717) is 6.54 Å². The molecule has 1 atom stereocenters. The average molecular weight is 378 g/mol. The van der Waals surface area contributed by atoms with E-state index in [9.17, 15) is 13.2 Å². The first-order chi connectivity index (χ1) is 12.3. The lowest BCUT2D eigenvalue weighted by atomic mass is 10.0. The third kappa shape index (κ3) is 6.14. The van der Waals surface area contributed by atoms with Crippen LogP contribution in [0.2, 0.25) is 0 Å². The van der Waals surface area contributed by atoms with Gasteiger partial charge in [0.05, 0.1) is 13.2 Å². The molecule has 26 heavy (non-hydrogen) atoms. The number of benzene rings is 2. The Morgan fingerprint density at radius 1 is 1.15 bits per heavy atom. The summed E-state index contributed by atoms with van der Waals surface area (Å²) in [6.07, 6.45) is 0. The van der Waals surface area contributed by atoms with E-state index in [4.69, 9.17) is 9.29 Å². The van der Waals surface area contributed by atoms with Crippen molar-refractivity contribution in [3.05, 3.63) is 54.1 Å². The van der Waals surface area contributed by atoms with E-state index in [0.717, 1.165) is 22.4 Å². The predicted octanol–water partition coefficient (Wildman–Crippen LogP) is 1.80. The molecular formula is C18H22N2O5S. The molecule has 0 heterocycles. The summed E-state index contributed by atoms with van der Waals surface area (Å²) in [6.45, 7) is 2.06. The molecule has 0 aromatic heterocycles. The summed E-state index contributed by atoms with van der Waals surface area (Å²) in [5, 5.41) is 5.15. The van der Waals surface area contributed by atoms with E-state index < -0.39 is 27.9 Å². The molecule has 0 unspecified atom stereocenters. The highest BCUT2D eigenvalue weighted by Gasteiger charge is 2.14. The van der Waals surface area contributed by atoms with Gasteiger partial charge in [-0.25, -0.2) is 0 Å². The lowest BCUT2D eigenvalue weighted by Gasteiger charge is -2.13. The fourth-order valence-corrected chi connectivity index (χ4v) is 2.62. The van der Waals surface area contributed by atoms with E-state index >= 15 is 0 Å². The molecule has 8 heteroatoms. The van der Waals surface area contributed by atoms with Gasteiger partial charge in [0.1, 0.15) is 11.6 Å². The lowest BCUT2D eigenvalue weighted by molar-refractivity contribution is -0.122. The second-order valence-corrected chi connectivity index (χ2v) is 7.25. The Kier molecular flexibility index (Phi) is 6.73. The summed E-state index contributed by atoms with van der Waals surface area (Å²) in [5.74, 6) is -0.513. The van der Waals surface area contributed by atoms with E-state index in [2.05, 4.69) is 10.6 Å². The maximum atomic E-state index is 11.7. The van der Waals surface area contributed by atoms with Gasteiger partial charge >= 0.3 is 0 Å². The Bertz CT molecular complexity index is 850. The van der Waals surface area contributed by atoms with Crippen molar-refractivity contribution in [3.8, 4) is 16.9 Å². The van der Waals surface area contributed by atoms with Crippen LogP contribution in [0.5, 0.6) is 5.75 Å². The second-order valence-electron chi connectivity index (χ2n) is 5.80. The van der Waals surface area contributed by atoms with Crippen molar-refractivity contribution in [2.45, 2.75) is 19.5 Å². The van der Waals surface area contributed by atoms with Gasteiger partial charge in [-0.2, -0.15) is 8.42 Å². The van der Waals surface area contributed by atoms with Crippen LogP contribution in [-0.2, 0) is 21.5 Å². The van der Waals surface area contributed by atoms with Gasteiger partial charge in [-0.05, 0) is 35.7 Å². The van der Waals surface area contributed by atoms with Crippen LogP contribution in [0.3, 0.4) is 0 Å². The molecule has 0 saturated heterocycles. The molecule has 1 amide bonds. The molecule has 0 spiro atoms. The molecule has 3 N–H and O–H groups in total. The zero-order valence-electron chi connectivity index (χ0n) is 14.6. The Hall–Kier alpha value is -2.42. The van der Waals surface area contributed by atoms with Gasteiger partial charge in [0.15, 0.2) is 0 Å². The minimum Gasteiger partial charge on any atom is -0.497 e. The maximum absolute atomic E-state index is 11.7. The number of ether oxygens (including phenoxy) is 1. The quantitative estimate of drug-likeness (QED) is 0.605. The van der Waals surface area contributed by atoms with Gasteiger partial charge in [0, 0.05) is 6.54 Å². The highest BCUT2D eigenvalue weighted by Crippen LogP contribution is 2.24. The summed E-state index contributed by atoms with van der Waals surface area (Å²) >= 11 is 0. The molecule has 0 aliphatic rings. The average Bonchev–Trinajstić information content (AvgIpc) is 2.64. The Labute approximate surface area is 153 Å². The molecule has 7 nitrogen and oxygen atoms in total. The maximum Gasteiger partial charge on any atom is 0.283 e. The first kappa shape index (κ1) is 19.9. The van der Waals surface area contributed by atoms with Gasteiger partial charge in [0.2, 0.25) is 5.91 Å². The van der Waals surface area contributed by atoms with Crippen molar-refractivity contribution in [1.29, 1.82) is 0 Å². The molecule has 2 aromatic carbocycles. The minimum absolute atomic E-state index is 0.443. The van der Waals surface area contributed by atoms with E-state index in [1.807, 2.05) is 48.5 Å². The monoisotopic (exact) mass is 378 g/mol. The molecule has 0 saturated carbocycles. The van der Waals surface area contributed by atoms with Crippen LogP contribution in [0.4, 0.5) is 0 Å². The fraction of sp³-hybridized carbons (Fsp3) is 0.278. The molecule has 2 aromatic rings. The molecule has 0 bridgehead atoms. The van der Waals surface area contributed by atoms with Crippen molar-refractivity contribution in [2.75, 3.05) is 13.0 Å². The van der Waals surface area contributed by atoms with E-state index in [-0.39, 0.29) is 0 Å². The van der Waals surface area contributed by atoms with Gasteiger partial charge in [-0.1, -0.05) is 36.4 Å². The largest absolute Gasteiger partial charge is 0.497 e. The van der Waals surface area contributed by atoms with Gasteiger partial charge < -0.3 is 15.4 Å². The summed E-state index contributed by atoms with van der Waals surface area (Å²) in [5.41, 5.74) is 3.07. The van der Waals surface area contributed by atoms with Crippen molar-refractivity contribution in [1.82, 2.24) is 10.6 Å². The SMILES string of the molecule is COc1cccc(-c2ccc(CN[C@@H](C)C(=O)NCS(=O)(=O)O)cc2)c1. The van der Waals surface area contributed by atoms with Crippen LogP contribution in [0.25, 0.3) is 11.1 Å². The molecule has 140 valence electrons. The number of nitrogens with one attached hydrogen (secondary N) is 2. The second kappa shape index (κ2) is 8.79. The number of hydrogen-bond donors (Lipinski definition) is 3. The van der Waals surface area contributed by atoms with E-state index in [1.165, 1.54) is 0 Å². The number of amides is 1. The molecule has 2 rings (SSSR count). The number of methoxy groups -OCH3 is 1. The van der Waals surface area contributed by atoms with Gasteiger partial charge in [-0.3, -0.25) is 9.35 Å². The van der Waals surface area contributed by atoms with Crippen LogP contribution in [-0.4, -0.2) is 37.9 Å². The van der Waals surface area contributed by atoms with Crippen LogP contribution < -0.4 is 15.4 Å². The Balaban J connectivity index is 1.91. The van der Waals surface area contributed by atoms with Crippen LogP contribution >= 0.6 is 0 Å². The third-order valence-electron chi connectivity index (χ3n) is 3.79. The summed E-state index contributed by atoms with van der Waals surface area (Å²) in [6, 6.07) is 15.0. The normalized spacial score (nSPS) is 12.4. The number of hydrogen-bond acceptors (Lipinski definition) is 5. The van der Waals surface area contributed by atoms with Crippen LogP contribution in [0.1, 0.15) is 12.5 Å². The number of rotatable bonds is 8. The Morgan fingerprint density at radius 3 is 2.46 bits per heavy atom. The molecule has 0 aliphatic carbocycles. The predicted molar refractivity (Wildman–Crippen MR) is 99.3 cm³/mol. The van der Waals surface area contributed by atoms with Crippen molar-refractivity contribution in [2.24, 2.45) is 0 Å². The Morgan fingerprint density at radius 2 is 1.85 bits per heavy atom. The summed E-state index contributed by atoms with van der Waals surface area (Å²) in [7, 11) is -2.60. The number of carbonyl (C=O) groups excluding carboxylic acids is 1.